The van der Waals surface area contributed by atoms with Crippen LogP contribution in [0.2, 0.25) is 0 Å². The molecule has 0 saturated heterocycles. The average molecular weight is 357 g/mol. The van der Waals surface area contributed by atoms with Crippen molar-refractivity contribution in [3.63, 3.8) is 0 Å². The van der Waals surface area contributed by atoms with Gasteiger partial charge in [-0.2, -0.15) is 0 Å². The Labute approximate surface area is 153 Å². The summed E-state index contributed by atoms with van der Waals surface area (Å²) < 4.78 is 15.5. The van der Waals surface area contributed by atoms with Crippen LogP contribution in [0.1, 0.15) is 17.5 Å². The first-order chi connectivity index (χ1) is 12.6. The topological polar surface area (TPSA) is 73.9 Å². The molecule has 0 aromatic heterocycles. The van der Waals surface area contributed by atoms with Gasteiger partial charge in [-0.05, 0) is 42.3 Å². The summed E-state index contributed by atoms with van der Waals surface area (Å²) in [5.41, 5.74) is 2.01. The van der Waals surface area contributed by atoms with Gasteiger partial charge in [0.15, 0.2) is 6.61 Å². The van der Waals surface area contributed by atoms with Crippen LogP contribution < -0.4 is 14.8 Å². The number of hydrogen-bond acceptors (Lipinski definition) is 5. The highest BCUT2D eigenvalue weighted by molar-refractivity contribution is 5.80. The van der Waals surface area contributed by atoms with Crippen molar-refractivity contribution in [3.05, 3.63) is 59.7 Å². The Hall–Kier alpha value is -3.02. The van der Waals surface area contributed by atoms with Crippen molar-refractivity contribution in [3.8, 4) is 11.5 Å². The van der Waals surface area contributed by atoms with E-state index in [0.29, 0.717) is 12.3 Å². The minimum atomic E-state index is -0.475. The maximum Gasteiger partial charge on any atom is 0.309 e. The third-order valence-corrected chi connectivity index (χ3v) is 3.58. The number of amides is 1. The number of ether oxygens (including phenoxy) is 3. The first kappa shape index (κ1) is 19.3. The first-order valence-corrected chi connectivity index (χ1v) is 8.31. The zero-order valence-electron chi connectivity index (χ0n) is 15.0. The number of carbonyl (C=O) groups is 2. The second-order valence-electron chi connectivity index (χ2n) is 5.70. The molecule has 0 spiro atoms. The molecule has 6 nitrogen and oxygen atoms in total. The molecule has 138 valence electrons. The van der Waals surface area contributed by atoms with Gasteiger partial charge < -0.3 is 19.5 Å². The van der Waals surface area contributed by atoms with E-state index in [4.69, 9.17) is 14.2 Å². The molecule has 0 unspecified atom stereocenters. The van der Waals surface area contributed by atoms with E-state index in [1.165, 1.54) is 0 Å². The standard InChI is InChI=1S/C20H23NO5/c1-15-4-3-5-18(12-15)25-11-10-20(23)26-14-19(22)21-13-16-6-8-17(24-2)9-7-16/h3-9,12H,10-11,13-14H2,1-2H3,(H,21,22). The number of hydrogen-bond donors (Lipinski definition) is 1. The molecule has 0 radical (unpaired) electrons. The highest BCUT2D eigenvalue weighted by Crippen LogP contribution is 2.12. The second kappa shape index (κ2) is 10.1. The van der Waals surface area contributed by atoms with Crippen LogP contribution in [0.5, 0.6) is 11.5 Å². The molecule has 26 heavy (non-hydrogen) atoms. The minimum Gasteiger partial charge on any atom is -0.497 e. The van der Waals surface area contributed by atoms with Crippen molar-refractivity contribution in [1.29, 1.82) is 0 Å². The Kier molecular flexibility index (Phi) is 7.49. The molecule has 0 saturated carbocycles. The number of methoxy groups -OCH3 is 1. The van der Waals surface area contributed by atoms with E-state index < -0.39 is 5.97 Å². The van der Waals surface area contributed by atoms with Gasteiger partial charge in [0.1, 0.15) is 11.5 Å². The summed E-state index contributed by atoms with van der Waals surface area (Å²) in [6.07, 6.45) is 0.0830. The van der Waals surface area contributed by atoms with Crippen molar-refractivity contribution < 1.29 is 23.8 Å². The summed E-state index contributed by atoms with van der Waals surface area (Å²) in [6.45, 7) is 2.22. The molecule has 1 amide bonds. The van der Waals surface area contributed by atoms with E-state index in [1.807, 2.05) is 55.5 Å². The van der Waals surface area contributed by atoms with Crippen LogP contribution in [0.4, 0.5) is 0 Å². The summed E-state index contributed by atoms with van der Waals surface area (Å²) in [5, 5.41) is 2.69. The van der Waals surface area contributed by atoms with E-state index in [9.17, 15) is 9.59 Å². The lowest BCUT2D eigenvalue weighted by atomic mass is 10.2. The normalized spacial score (nSPS) is 10.1. The quantitative estimate of drug-likeness (QED) is 0.699. The van der Waals surface area contributed by atoms with E-state index in [1.54, 1.807) is 7.11 Å². The Bertz CT molecular complexity index is 727. The fourth-order valence-corrected chi connectivity index (χ4v) is 2.17. The Morgan fingerprint density at radius 2 is 1.81 bits per heavy atom. The van der Waals surface area contributed by atoms with Gasteiger partial charge in [0.2, 0.25) is 0 Å². The molecule has 0 aliphatic rings. The number of aryl methyl sites for hydroxylation is 1. The molecule has 1 N–H and O–H groups in total. The van der Waals surface area contributed by atoms with Gasteiger partial charge in [0.25, 0.3) is 5.91 Å². The Balaban J connectivity index is 1.61. The van der Waals surface area contributed by atoms with Crippen molar-refractivity contribution in [1.82, 2.24) is 5.32 Å². The van der Waals surface area contributed by atoms with Crippen LogP contribution >= 0.6 is 0 Å². The molecule has 2 aromatic rings. The van der Waals surface area contributed by atoms with Gasteiger partial charge >= 0.3 is 5.97 Å². The first-order valence-electron chi connectivity index (χ1n) is 8.31. The zero-order chi connectivity index (χ0) is 18.8. The van der Waals surface area contributed by atoms with E-state index >= 15 is 0 Å². The van der Waals surface area contributed by atoms with Crippen LogP contribution in [-0.4, -0.2) is 32.2 Å². The smallest absolute Gasteiger partial charge is 0.309 e. The van der Waals surface area contributed by atoms with E-state index in [0.717, 1.165) is 16.9 Å². The average Bonchev–Trinajstić information content (AvgIpc) is 2.65. The fraction of sp³-hybridized carbons (Fsp3) is 0.300. The van der Waals surface area contributed by atoms with Crippen molar-refractivity contribution in [2.75, 3.05) is 20.3 Å². The number of nitrogens with one attached hydrogen (secondary N) is 1. The van der Waals surface area contributed by atoms with Crippen molar-refractivity contribution in [2.45, 2.75) is 19.9 Å². The molecule has 6 heteroatoms. The predicted octanol–water partition coefficient (Wildman–Crippen LogP) is 2.63. The van der Waals surface area contributed by atoms with Crippen LogP contribution in [-0.2, 0) is 20.9 Å². The number of carbonyl (C=O) groups excluding carboxylic acids is 2. The van der Waals surface area contributed by atoms with Crippen LogP contribution in [0, 0.1) is 6.92 Å². The third kappa shape index (κ3) is 6.84. The summed E-state index contributed by atoms with van der Waals surface area (Å²) >= 11 is 0. The molecular formula is C20H23NO5. The van der Waals surface area contributed by atoms with Crippen LogP contribution in [0.25, 0.3) is 0 Å². The molecule has 2 rings (SSSR count). The van der Waals surface area contributed by atoms with Gasteiger partial charge in [0, 0.05) is 6.54 Å². The molecule has 0 aliphatic carbocycles. The Morgan fingerprint density at radius 3 is 2.50 bits per heavy atom. The zero-order valence-corrected chi connectivity index (χ0v) is 15.0. The second-order valence-corrected chi connectivity index (χ2v) is 5.70. The SMILES string of the molecule is COc1ccc(CNC(=O)COC(=O)CCOc2cccc(C)c2)cc1. The molecule has 0 fully saturated rings. The van der Waals surface area contributed by atoms with Gasteiger partial charge in [-0.1, -0.05) is 24.3 Å². The summed E-state index contributed by atoms with van der Waals surface area (Å²) in [6, 6.07) is 14.9. The molecule has 0 heterocycles. The molecular weight excluding hydrogens is 334 g/mol. The maximum absolute atomic E-state index is 11.7. The Morgan fingerprint density at radius 1 is 1.04 bits per heavy atom. The highest BCUT2D eigenvalue weighted by atomic mass is 16.5. The van der Waals surface area contributed by atoms with Gasteiger partial charge in [-0.15, -0.1) is 0 Å². The highest BCUT2D eigenvalue weighted by Gasteiger charge is 2.08. The summed E-state index contributed by atoms with van der Waals surface area (Å²) in [7, 11) is 1.59. The van der Waals surface area contributed by atoms with E-state index in [2.05, 4.69) is 5.32 Å². The lowest BCUT2D eigenvalue weighted by Crippen LogP contribution is -2.28. The monoisotopic (exact) mass is 357 g/mol. The predicted molar refractivity (Wildman–Crippen MR) is 97.1 cm³/mol. The molecule has 2 aromatic carbocycles. The lowest BCUT2D eigenvalue weighted by molar-refractivity contribution is -0.149. The third-order valence-electron chi connectivity index (χ3n) is 3.58. The van der Waals surface area contributed by atoms with Crippen LogP contribution in [0.3, 0.4) is 0 Å². The molecule has 0 atom stereocenters. The van der Waals surface area contributed by atoms with Crippen molar-refractivity contribution in [2.24, 2.45) is 0 Å². The largest absolute Gasteiger partial charge is 0.497 e. The van der Waals surface area contributed by atoms with Crippen LogP contribution in [0.15, 0.2) is 48.5 Å². The minimum absolute atomic E-state index is 0.0830. The number of benzene rings is 2. The summed E-state index contributed by atoms with van der Waals surface area (Å²) in [4.78, 5) is 23.4. The fourth-order valence-electron chi connectivity index (χ4n) is 2.17. The van der Waals surface area contributed by atoms with E-state index in [-0.39, 0.29) is 25.5 Å². The van der Waals surface area contributed by atoms with Gasteiger partial charge in [-0.3, -0.25) is 9.59 Å². The lowest BCUT2D eigenvalue weighted by Gasteiger charge is -2.08. The van der Waals surface area contributed by atoms with Gasteiger partial charge in [-0.25, -0.2) is 0 Å². The summed E-state index contributed by atoms with van der Waals surface area (Å²) in [5.74, 6) is 0.628. The maximum atomic E-state index is 11.7. The van der Waals surface area contributed by atoms with Gasteiger partial charge in [0.05, 0.1) is 20.1 Å². The van der Waals surface area contributed by atoms with Crippen molar-refractivity contribution >= 4 is 11.9 Å². The number of esters is 1. The number of rotatable bonds is 9. The molecule has 0 bridgehead atoms. The molecule has 0 aliphatic heterocycles.